The predicted octanol–water partition coefficient (Wildman–Crippen LogP) is 11.3. The van der Waals surface area contributed by atoms with Gasteiger partial charge in [-0.15, -0.1) is 0 Å². The number of phosphoric ester groups is 2. The number of hydrogen-bond donors (Lipinski definition) is 5. The summed E-state index contributed by atoms with van der Waals surface area (Å²) in [4.78, 5) is 43.7. The Balaban J connectivity index is 4.00. The van der Waals surface area contributed by atoms with Gasteiger partial charge in [-0.2, -0.15) is 0 Å². The van der Waals surface area contributed by atoms with E-state index in [1.165, 1.54) is 19.3 Å². The normalized spacial score (nSPS) is 15.9. The molecule has 0 aliphatic rings. The van der Waals surface area contributed by atoms with E-state index in [2.05, 4.69) is 129 Å². The van der Waals surface area contributed by atoms with Gasteiger partial charge in [0.25, 0.3) is 0 Å². The number of aliphatic hydroxyl groups is 3. The van der Waals surface area contributed by atoms with Crippen LogP contribution in [0.5, 0.6) is 0 Å². The highest BCUT2D eigenvalue weighted by Gasteiger charge is 2.28. The van der Waals surface area contributed by atoms with Crippen molar-refractivity contribution in [3.8, 4) is 0 Å². The Kier molecular flexibility index (Phi) is 43.9. The molecule has 17 heteroatoms. The van der Waals surface area contributed by atoms with Crippen LogP contribution in [0.4, 0.5) is 0 Å². The molecule has 15 nitrogen and oxygen atoms in total. The number of phosphoric acid groups is 2. The molecular formula is C51H84O15P2. The van der Waals surface area contributed by atoms with E-state index in [1.54, 1.807) is 0 Å². The lowest BCUT2D eigenvalue weighted by molar-refractivity contribution is -0.148. The molecule has 0 aliphatic carbocycles. The van der Waals surface area contributed by atoms with Gasteiger partial charge >= 0.3 is 27.6 Å². The van der Waals surface area contributed by atoms with Gasteiger partial charge in [0.15, 0.2) is 0 Å². The number of carbonyl (C=O) groups excluding carboxylic acids is 2. The Labute approximate surface area is 407 Å². The van der Waals surface area contributed by atoms with Gasteiger partial charge in [0, 0.05) is 12.8 Å². The van der Waals surface area contributed by atoms with Crippen molar-refractivity contribution < 1.29 is 71.4 Å². The lowest BCUT2D eigenvalue weighted by atomic mass is 10.1. The average molecular weight is 999 g/mol. The molecule has 0 aromatic carbocycles. The standard InChI is InChI=1S/C51H84O15P2/c1-3-5-7-9-11-13-15-17-19-21-22-24-26-28-30-32-34-36-38-40-51(56)62-42-48(53)44-64-68(59,60)66-46-49(54)45-65-67(57,58)63-43-47(52)41-61-50(55)39-37-35-33-31-29-27-25-23-20-18-16-14-12-10-8-6-4-2/h6,8,11-14,17-20,22,24-25,27-28,30-31,33,47-49,52-54H,3-5,7,9-10,15-16,21,23,26,29,32,34-46H2,1-2H3,(H,57,58)(H,59,60)/b8-6-,13-11-,14-12-,19-17-,20-18-,24-22-,27-25-,30-28-,33-31-. The molecule has 0 amide bonds. The molecule has 0 saturated heterocycles. The van der Waals surface area contributed by atoms with Gasteiger partial charge in [-0.3, -0.25) is 27.7 Å². The predicted molar refractivity (Wildman–Crippen MR) is 269 cm³/mol. The Morgan fingerprint density at radius 3 is 1.04 bits per heavy atom. The molecule has 0 aromatic rings. The maximum Gasteiger partial charge on any atom is 0.472 e. The van der Waals surface area contributed by atoms with Crippen LogP contribution in [0.15, 0.2) is 109 Å². The lowest BCUT2D eigenvalue weighted by Gasteiger charge is -2.19. The van der Waals surface area contributed by atoms with Crippen LogP contribution >= 0.6 is 15.6 Å². The first-order valence-corrected chi connectivity index (χ1v) is 27.2. The number of esters is 2. The second kappa shape index (κ2) is 46.1. The fourth-order valence-corrected chi connectivity index (χ4v) is 7.06. The van der Waals surface area contributed by atoms with E-state index in [4.69, 9.17) is 9.47 Å². The summed E-state index contributed by atoms with van der Waals surface area (Å²) < 4.78 is 52.9. The quantitative estimate of drug-likeness (QED) is 0.0166. The molecule has 5 N–H and O–H groups in total. The van der Waals surface area contributed by atoms with Crippen molar-refractivity contribution in [1.29, 1.82) is 0 Å². The number of allylic oxidation sites excluding steroid dienone is 18. The summed E-state index contributed by atoms with van der Waals surface area (Å²) in [7, 11) is -9.61. The first-order chi connectivity index (χ1) is 32.8. The lowest BCUT2D eigenvalue weighted by Crippen LogP contribution is -2.25. The topological polar surface area (TPSA) is 225 Å². The van der Waals surface area contributed by atoms with E-state index in [9.17, 15) is 43.8 Å². The highest BCUT2D eigenvalue weighted by atomic mass is 31.2. The Morgan fingerprint density at radius 1 is 0.397 bits per heavy atom. The summed E-state index contributed by atoms with van der Waals surface area (Å²) in [5, 5.41) is 30.0. The zero-order valence-corrected chi connectivity index (χ0v) is 42.5. The van der Waals surface area contributed by atoms with Gasteiger partial charge in [0.1, 0.15) is 31.5 Å². The smallest absolute Gasteiger partial charge is 0.463 e. The van der Waals surface area contributed by atoms with E-state index < -0.39 is 85.5 Å². The molecule has 0 radical (unpaired) electrons. The monoisotopic (exact) mass is 999 g/mol. The third-order valence-electron chi connectivity index (χ3n) is 9.21. The number of ether oxygens (including phenoxy) is 2. The molecule has 5 unspecified atom stereocenters. The van der Waals surface area contributed by atoms with Gasteiger partial charge in [-0.25, -0.2) is 9.13 Å². The van der Waals surface area contributed by atoms with E-state index in [-0.39, 0.29) is 12.8 Å². The molecule has 388 valence electrons. The Morgan fingerprint density at radius 2 is 0.691 bits per heavy atom. The molecule has 0 bridgehead atoms. The molecule has 0 spiro atoms. The molecule has 68 heavy (non-hydrogen) atoms. The minimum Gasteiger partial charge on any atom is -0.463 e. The molecule has 0 fully saturated rings. The van der Waals surface area contributed by atoms with Crippen LogP contribution < -0.4 is 0 Å². The summed E-state index contributed by atoms with van der Waals surface area (Å²) in [6, 6.07) is 0. The number of unbranched alkanes of at least 4 members (excludes halogenated alkanes) is 7. The van der Waals surface area contributed by atoms with Crippen molar-refractivity contribution >= 4 is 27.6 Å². The van der Waals surface area contributed by atoms with Crippen molar-refractivity contribution in [2.24, 2.45) is 0 Å². The summed E-state index contributed by atoms with van der Waals surface area (Å²) >= 11 is 0. The maximum absolute atomic E-state index is 12.2. The number of rotatable bonds is 45. The highest BCUT2D eigenvalue weighted by molar-refractivity contribution is 7.47. The zero-order valence-electron chi connectivity index (χ0n) is 40.7. The summed E-state index contributed by atoms with van der Waals surface area (Å²) in [6.45, 7) is 0.138. The molecule has 0 rings (SSSR count). The fourth-order valence-electron chi connectivity index (χ4n) is 5.46. The van der Waals surface area contributed by atoms with Gasteiger partial charge in [0.05, 0.1) is 26.4 Å². The first kappa shape index (κ1) is 64.7. The minimum absolute atomic E-state index is 0.112. The first-order valence-electron chi connectivity index (χ1n) is 24.2. The Bertz CT molecular complexity index is 1630. The van der Waals surface area contributed by atoms with Crippen molar-refractivity contribution in [1.82, 2.24) is 0 Å². The molecular weight excluding hydrogens is 914 g/mol. The molecule has 5 atom stereocenters. The average Bonchev–Trinajstić information content (AvgIpc) is 3.31. The highest BCUT2D eigenvalue weighted by Crippen LogP contribution is 2.45. The van der Waals surface area contributed by atoms with E-state index >= 15 is 0 Å². The molecule has 0 heterocycles. The van der Waals surface area contributed by atoms with Crippen LogP contribution in [0.3, 0.4) is 0 Å². The second-order valence-electron chi connectivity index (χ2n) is 15.7. The van der Waals surface area contributed by atoms with Crippen molar-refractivity contribution in [2.75, 3.05) is 39.6 Å². The van der Waals surface area contributed by atoms with Crippen molar-refractivity contribution in [3.63, 3.8) is 0 Å². The summed E-state index contributed by atoms with van der Waals surface area (Å²) in [5.41, 5.74) is 0. The van der Waals surface area contributed by atoms with Gasteiger partial charge in [0.2, 0.25) is 0 Å². The molecule has 0 saturated carbocycles. The third kappa shape index (κ3) is 47.8. The zero-order chi connectivity index (χ0) is 50.2. The largest absolute Gasteiger partial charge is 0.472 e. The van der Waals surface area contributed by atoms with Crippen LogP contribution in [-0.2, 0) is 46.3 Å². The van der Waals surface area contributed by atoms with E-state index in [0.717, 1.165) is 77.0 Å². The van der Waals surface area contributed by atoms with E-state index in [0.29, 0.717) is 19.3 Å². The van der Waals surface area contributed by atoms with Crippen LogP contribution in [-0.4, -0.2) is 95.0 Å². The van der Waals surface area contributed by atoms with Crippen LogP contribution in [0.2, 0.25) is 0 Å². The minimum atomic E-state index is -4.81. The van der Waals surface area contributed by atoms with E-state index in [1.807, 2.05) is 12.2 Å². The maximum atomic E-state index is 12.2. The fraction of sp³-hybridized carbons (Fsp3) is 0.608. The molecule has 0 aromatic heterocycles. The third-order valence-corrected chi connectivity index (χ3v) is 11.1. The molecule has 0 aliphatic heterocycles. The Hall–Kier alpha value is -3.30. The summed E-state index contributed by atoms with van der Waals surface area (Å²) in [5.74, 6) is -1.09. The van der Waals surface area contributed by atoms with Crippen LogP contribution in [0, 0.1) is 0 Å². The number of aliphatic hydroxyl groups excluding tert-OH is 3. The SMILES string of the molecule is CC/C=C\C/C=C\C/C=C\C/C=C\C/C=C\CCCC(=O)OCC(O)COP(=O)(O)OCC(O)COP(=O)(O)OCC(O)COC(=O)CCCCC/C=C\C/C=C\C/C=C\C/C=C\CCCCC. The van der Waals surface area contributed by atoms with Gasteiger partial charge < -0.3 is 34.6 Å². The van der Waals surface area contributed by atoms with Crippen LogP contribution in [0.25, 0.3) is 0 Å². The number of carbonyl (C=O) groups is 2. The van der Waals surface area contributed by atoms with Gasteiger partial charge in [-0.05, 0) is 96.3 Å². The van der Waals surface area contributed by atoms with Crippen molar-refractivity contribution in [2.45, 2.75) is 161 Å². The van der Waals surface area contributed by atoms with Crippen molar-refractivity contribution in [3.05, 3.63) is 109 Å². The number of hydrogen-bond acceptors (Lipinski definition) is 13. The van der Waals surface area contributed by atoms with Crippen LogP contribution in [0.1, 0.15) is 142 Å². The summed E-state index contributed by atoms with van der Waals surface area (Å²) in [6.07, 6.45) is 50.8. The van der Waals surface area contributed by atoms with Gasteiger partial charge in [-0.1, -0.05) is 142 Å². The second-order valence-corrected chi connectivity index (χ2v) is 18.6.